The van der Waals surface area contributed by atoms with Crippen LogP contribution in [0.2, 0.25) is 0 Å². The second kappa shape index (κ2) is 7.40. The number of nitrogens with zero attached hydrogens (tertiary/aromatic N) is 2. The summed E-state index contributed by atoms with van der Waals surface area (Å²) in [5, 5.41) is 22.9. The van der Waals surface area contributed by atoms with Gasteiger partial charge in [0.2, 0.25) is 0 Å². The van der Waals surface area contributed by atoms with Crippen LogP contribution >= 0.6 is 0 Å². The molecule has 0 bridgehead atoms. The molecule has 7 heteroatoms. The molecule has 0 aliphatic carbocycles. The van der Waals surface area contributed by atoms with Gasteiger partial charge >= 0.3 is 0 Å². The average Bonchev–Trinajstić information content (AvgIpc) is 2.98. The number of anilines is 1. The van der Waals surface area contributed by atoms with Crippen molar-refractivity contribution in [3.63, 3.8) is 0 Å². The third-order valence-electron chi connectivity index (χ3n) is 4.24. The number of carbonyl (C=O) groups is 1. The summed E-state index contributed by atoms with van der Waals surface area (Å²) in [6.45, 7) is 2.06. The zero-order chi connectivity index (χ0) is 17.8. The minimum atomic E-state index is -0.538. The number of nitrogens with one attached hydrogen (secondary N) is 2. The van der Waals surface area contributed by atoms with Crippen molar-refractivity contribution in [2.24, 2.45) is 0 Å². The van der Waals surface area contributed by atoms with Crippen molar-refractivity contribution >= 4 is 28.3 Å². The number of para-hydroxylation sites is 1. The number of phenols is 1. The molecule has 0 saturated heterocycles. The molecule has 2 aromatic heterocycles. The Morgan fingerprint density at radius 2 is 2.08 bits per heavy atom. The molecule has 0 saturated carbocycles. The summed E-state index contributed by atoms with van der Waals surface area (Å²) in [7, 11) is 0. The molecule has 0 unspecified atom stereocenters. The van der Waals surface area contributed by atoms with Crippen LogP contribution in [-0.4, -0.2) is 32.2 Å². The highest BCUT2D eigenvalue weighted by Crippen LogP contribution is 2.30. The number of unbranched alkanes of at least 4 members (excludes halogenated alkanes) is 2. The number of phenolic OH excluding ortho intramolecular Hbond substituents is 1. The largest absolute Gasteiger partial charge is 0.506 e. The van der Waals surface area contributed by atoms with Crippen LogP contribution in [0, 0.1) is 0 Å². The first-order valence-electron chi connectivity index (χ1n) is 8.44. The predicted molar refractivity (Wildman–Crippen MR) is 96.0 cm³/mol. The maximum atomic E-state index is 11.3. The number of carbonyl (C=O) groups excluding carboxylic acids is 1. The lowest BCUT2D eigenvalue weighted by Crippen LogP contribution is -2.27. The maximum absolute atomic E-state index is 11.3. The van der Waals surface area contributed by atoms with Gasteiger partial charge in [0.1, 0.15) is 17.2 Å². The second-order valence-electron chi connectivity index (χ2n) is 5.99. The monoisotopic (exact) mass is 342 g/mol. The van der Waals surface area contributed by atoms with Crippen molar-refractivity contribution in [3.8, 4) is 5.75 Å². The number of hydrogen-bond donors (Lipinski definition) is 4. The van der Waals surface area contributed by atoms with E-state index in [1.165, 1.54) is 0 Å². The Morgan fingerprint density at radius 3 is 2.84 bits per heavy atom. The van der Waals surface area contributed by atoms with Crippen molar-refractivity contribution in [3.05, 3.63) is 36.0 Å². The van der Waals surface area contributed by atoms with Gasteiger partial charge in [0.25, 0.3) is 5.91 Å². The first-order valence-corrected chi connectivity index (χ1v) is 8.44. The van der Waals surface area contributed by atoms with Crippen LogP contribution in [0.15, 0.2) is 30.3 Å². The predicted octanol–water partition coefficient (Wildman–Crippen LogP) is 2.84. The number of imidazole rings is 1. The van der Waals surface area contributed by atoms with Gasteiger partial charge in [-0.25, -0.2) is 10.5 Å². The fraction of sp³-hybridized carbons (Fsp3) is 0.333. The molecule has 0 spiro atoms. The minimum absolute atomic E-state index is 0.0783. The van der Waals surface area contributed by atoms with Gasteiger partial charge in [-0.2, -0.15) is 0 Å². The van der Waals surface area contributed by atoms with Crippen molar-refractivity contribution in [1.29, 1.82) is 0 Å². The first-order chi connectivity index (χ1) is 12.2. The number of pyridine rings is 1. The Bertz CT molecular complexity index is 904. The molecule has 132 valence electrons. The number of hydroxylamine groups is 1. The summed E-state index contributed by atoms with van der Waals surface area (Å²) in [5.74, 6) is 0.247. The molecule has 2 heterocycles. The van der Waals surface area contributed by atoms with Crippen LogP contribution in [0.5, 0.6) is 5.75 Å². The van der Waals surface area contributed by atoms with E-state index >= 15 is 0 Å². The Balaban J connectivity index is 2.12. The topological polar surface area (TPSA) is 98.9 Å². The highest BCUT2D eigenvalue weighted by atomic mass is 16.5. The van der Waals surface area contributed by atoms with E-state index in [4.69, 9.17) is 5.21 Å². The van der Waals surface area contributed by atoms with Crippen LogP contribution in [-0.2, 0) is 11.2 Å². The van der Waals surface area contributed by atoms with Gasteiger partial charge in [-0.05, 0) is 31.0 Å². The van der Waals surface area contributed by atoms with E-state index in [0.29, 0.717) is 17.0 Å². The zero-order valence-corrected chi connectivity index (χ0v) is 14.1. The van der Waals surface area contributed by atoms with Crippen molar-refractivity contribution < 1.29 is 15.1 Å². The Labute approximate surface area is 145 Å². The molecule has 0 atom stereocenters. The summed E-state index contributed by atoms with van der Waals surface area (Å²) >= 11 is 0. The molecular weight excluding hydrogens is 320 g/mol. The number of aromatic hydroxyl groups is 1. The standard InChI is InChI=1S/C18H22N4O3/c1-2-3-4-7-13-18(19-11-16(24)21-25)20-15-10-9-12-6-5-8-14(23)17(12)22(13)15/h5-6,8-10,19,23,25H,2-4,7,11H2,1H3,(H,21,24). The number of fused-ring (bicyclic) bond motifs is 3. The molecule has 0 fully saturated rings. The van der Waals surface area contributed by atoms with E-state index in [0.717, 1.165) is 36.8 Å². The lowest BCUT2D eigenvalue weighted by molar-refractivity contribution is -0.127. The third kappa shape index (κ3) is 3.36. The van der Waals surface area contributed by atoms with Gasteiger partial charge in [-0.15, -0.1) is 0 Å². The van der Waals surface area contributed by atoms with Crippen LogP contribution in [0.25, 0.3) is 16.6 Å². The summed E-state index contributed by atoms with van der Waals surface area (Å²) in [5.41, 5.74) is 3.93. The van der Waals surface area contributed by atoms with Gasteiger partial charge in [-0.3, -0.25) is 14.4 Å². The lowest BCUT2D eigenvalue weighted by Gasteiger charge is -2.10. The van der Waals surface area contributed by atoms with Crippen LogP contribution in [0.4, 0.5) is 5.82 Å². The second-order valence-corrected chi connectivity index (χ2v) is 5.99. The minimum Gasteiger partial charge on any atom is -0.506 e. The van der Waals surface area contributed by atoms with E-state index in [1.807, 2.05) is 28.7 Å². The molecule has 25 heavy (non-hydrogen) atoms. The van der Waals surface area contributed by atoms with E-state index in [-0.39, 0.29) is 12.3 Å². The van der Waals surface area contributed by atoms with E-state index in [9.17, 15) is 9.90 Å². The summed E-state index contributed by atoms with van der Waals surface area (Å²) < 4.78 is 1.94. The fourth-order valence-electron chi connectivity index (χ4n) is 3.04. The Morgan fingerprint density at radius 1 is 1.24 bits per heavy atom. The Hall–Kier alpha value is -2.80. The molecule has 4 N–H and O–H groups in total. The van der Waals surface area contributed by atoms with Gasteiger partial charge in [0.05, 0.1) is 17.8 Å². The normalized spacial score (nSPS) is 11.1. The van der Waals surface area contributed by atoms with Crippen molar-refractivity contribution in [2.45, 2.75) is 32.6 Å². The molecule has 7 nitrogen and oxygen atoms in total. The van der Waals surface area contributed by atoms with Gasteiger partial charge in [0, 0.05) is 5.39 Å². The number of rotatable bonds is 7. The number of benzene rings is 1. The summed E-state index contributed by atoms with van der Waals surface area (Å²) in [6.07, 6.45) is 3.93. The van der Waals surface area contributed by atoms with E-state index < -0.39 is 5.91 Å². The van der Waals surface area contributed by atoms with Crippen LogP contribution in [0.3, 0.4) is 0 Å². The molecule has 0 aliphatic heterocycles. The smallest absolute Gasteiger partial charge is 0.262 e. The molecule has 0 aliphatic rings. The SMILES string of the molecule is CCCCCc1c(NCC(=O)NO)nc2ccc3cccc(O)c3n12. The lowest BCUT2D eigenvalue weighted by atomic mass is 10.1. The number of amides is 1. The van der Waals surface area contributed by atoms with Crippen molar-refractivity contribution in [2.75, 3.05) is 11.9 Å². The zero-order valence-electron chi connectivity index (χ0n) is 14.1. The first kappa shape index (κ1) is 17.0. The quantitative estimate of drug-likeness (QED) is 0.301. The molecule has 3 rings (SSSR count). The van der Waals surface area contributed by atoms with E-state index in [1.54, 1.807) is 11.5 Å². The maximum Gasteiger partial charge on any atom is 0.262 e. The molecule has 1 amide bonds. The third-order valence-corrected chi connectivity index (χ3v) is 4.24. The van der Waals surface area contributed by atoms with Crippen LogP contribution < -0.4 is 10.8 Å². The van der Waals surface area contributed by atoms with E-state index in [2.05, 4.69) is 17.2 Å². The molecule has 3 aromatic rings. The van der Waals surface area contributed by atoms with Gasteiger partial charge in [-0.1, -0.05) is 31.9 Å². The fourth-order valence-corrected chi connectivity index (χ4v) is 3.04. The molecular formula is C18H22N4O3. The highest BCUT2D eigenvalue weighted by molar-refractivity contribution is 5.88. The van der Waals surface area contributed by atoms with Crippen molar-refractivity contribution in [1.82, 2.24) is 14.9 Å². The summed E-state index contributed by atoms with van der Waals surface area (Å²) in [4.78, 5) is 15.9. The van der Waals surface area contributed by atoms with Crippen LogP contribution in [0.1, 0.15) is 31.9 Å². The van der Waals surface area contributed by atoms with Gasteiger partial charge in [0.15, 0.2) is 0 Å². The number of aromatic nitrogens is 2. The summed E-state index contributed by atoms with van der Waals surface area (Å²) in [6, 6.07) is 9.21. The average molecular weight is 342 g/mol. The molecule has 0 radical (unpaired) electrons. The van der Waals surface area contributed by atoms with Gasteiger partial charge < -0.3 is 10.4 Å². The Kier molecular flexibility index (Phi) is 5.04. The highest BCUT2D eigenvalue weighted by Gasteiger charge is 2.16. The molecule has 1 aromatic carbocycles. The number of hydrogen-bond acceptors (Lipinski definition) is 5. The number of aryl methyl sites for hydroxylation is 1.